The number of para-hydroxylation sites is 2. The molecule has 1 atom stereocenters. The molecular weight excluding hydrogens is 442 g/mol. The van der Waals surface area contributed by atoms with Gasteiger partial charge in [-0.2, -0.15) is 0 Å². The molecule has 0 bridgehead atoms. The lowest BCUT2D eigenvalue weighted by Gasteiger charge is -2.16. The number of carbonyl (C=O) groups is 1. The highest BCUT2D eigenvalue weighted by Crippen LogP contribution is 2.34. The van der Waals surface area contributed by atoms with E-state index in [2.05, 4.69) is 5.32 Å². The average Bonchev–Trinajstić information content (AvgIpc) is 3.36. The van der Waals surface area contributed by atoms with Gasteiger partial charge in [-0.25, -0.2) is 0 Å². The maximum absolute atomic E-state index is 12.9. The van der Waals surface area contributed by atoms with Crippen molar-refractivity contribution in [2.24, 2.45) is 0 Å². The van der Waals surface area contributed by atoms with Gasteiger partial charge in [0.15, 0.2) is 5.75 Å². The van der Waals surface area contributed by atoms with E-state index in [1.54, 1.807) is 42.5 Å². The van der Waals surface area contributed by atoms with Crippen molar-refractivity contribution in [1.82, 2.24) is 0 Å². The molecule has 1 N–H and O–H groups in total. The fourth-order valence-electron chi connectivity index (χ4n) is 3.46. The van der Waals surface area contributed by atoms with Crippen LogP contribution in [0.25, 0.3) is 0 Å². The Balaban J connectivity index is 1.34. The van der Waals surface area contributed by atoms with E-state index in [0.29, 0.717) is 47.6 Å². The van der Waals surface area contributed by atoms with Crippen LogP contribution in [0.2, 0.25) is 5.02 Å². The smallest absolute Gasteiger partial charge is 0.255 e. The second-order valence-electron chi connectivity index (χ2n) is 7.55. The molecule has 0 spiro atoms. The molecule has 0 aliphatic carbocycles. The average molecular weight is 468 g/mol. The second kappa shape index (κ2) is 11.6. The van der Waals surface area contributed by atoms with E-state index >= 15 is 0 Å². The molecule has 0 saturated carbocycles. The molecule has 1 aliphatic rings. The summed E-state index contributed by atoms with van der Waals surface area (Å²) in [4.78, 5) is 12.9. The zero-order valence-corrected chi connectivity index (χ0v) is 18.9. The maximum atomic E-state index is 12.9. The second-order valence-corrected chi connectivity index (χ2v) is 7.96. The van der Waals surface area contributed by atoms with Crippen molar-refractivity contribution in [2.75, 3.05) is 31.7 Å². The van der Waals surface area contributed by atoms with E-state index in [1.165, 1.54) is 0 Å². The van der Waals surface area contributed by atoms with Gasteiger partial charge in [0.25, 0.3) is 5.91 Å². The first-order valence-electron chi connectivity index (χ1n) is 10.9. The van der Waals surface area contributed by atoms with Gasteiger partial charge in [0.2, 0.25) is 0 Å². The predicted molar refractivity (Wildman–Crippen MR) is 128 cm³/mol. The summed E-state index contributed by atoms with van der Waals surface area (Å²) in [6.07, 6.45) is 2.02. The molecular formula is C26H26ClNO5. The summed E-state index contributed by atoms with van der Waals surface area (Å²) in [7, 11) is 0. The number of anilines is 1. The van der Waals surface area contributed by atoms with E-state index in [1.807, 2.05) is 30.3 Å². The molecule has 3 aromatic carbocycles. The lowest BCUT2D eigenvalue weighted by molar-refractivity contribution is 0.0682. The first kappa shape index (κ1) is 23.0. The quantitative estimate of drug-likeness (QED) is 0.393. The first-order valence-corrected chi connectivity index (χ1v) is 11.3. The predicted octanol–water partition coefficient (Wildman–Crippen LogP) is 5.61. The Morgan fingerprint density at radius 1 is 0.939 bits per heavy atom. The molecule has 0 radical (unpaired) electrons. The zero-order chi connectivity index (χ0) is 22.9. The Kier molecular flexibility index (Phi) is 8.06. The zero-order valence-electron chi connectivity index (χ0n) is 18.2. The van der Waals surface area contributed by atoms with Gasteiger partial charge >= 0.3 is 0 Å². The molecule has 0 unspecified atom stereocenters. The summed E-state index contributed by atoms with van der Waals surface area (Å²) in [6, 6.07) is 21.8. The molecule has 0 aromatic heterocycles. The van der Waals surface area contributed by atoms with Gasteiger partial charge in [-0.05, 0) is 55.3 Å². The number of carbonyl (C=O) groups excluding carboxylic acids is 1. The van der Waals surface area contributed by atoms with Crippen LogP contribution in [0.15, 0.2) is 72.8 Å². The van der Waals surface area contributed by atoms with Crippen molar-refractivity contribution in [2.45, 2.75) is 18.9 Å². The molecule has 6 nitrogen and oxygen atoms in total. The molecule has 1 heterocycles. The van der Waals surface area contributed by atoms with Crippen LogP contribution in [0, 0.1) is 0 Å². The van der Waals surface area contributed by atoms with Gasteiger partial charge < -0.3 is 24.3 Å². The standard InChI is InChI=1S/C26H26ClNO5/c27-23-12-5-13-24(25(23)33-18-22-11-6-14-30-22)28-26(29)19-7-4-10-21(17-19)32-16-15-31-20-8-2-1-3-9-20/h1-5,7-10,12-13,17,22H,6,11,14-16,18H2,(H,28,29)/t22-/m1/s1. The van der Waals surface area contributed by atoms with Crippen LogP contribution in [0.5, 0.6) is 17.2 Å². The molecule has 7 heteroatoms. The van der Waals surface area contributed by atoms with Gasteiger partial charge in [0.1, 0.15) is 31.3 Å². The number of amides is 1. The number of nitrogens with one attached hydrogen (secondary N) is 1. The van der Waals surface area contributed by atoms with Crippen molar-refractivity contribution in [3.63, 3.8) is 0 Å². The SMILES string of the molecule is O=C(Nc1cccc(Cl)c1OC[C@H]1CCCO1)c1cccc(OCCOc2ccccc2)c1. The molecule has 4 rings (SSSR count). The minimum absolute atomic E-state index is 0.0459. The highest BCUT2D eigenvalue weighted by molar-refractivity contribution is 6.32. The summed E-state index contributed by atoms with van der Waals surface area (Å²) < 4.78 is 22.9. The van der Waals surface area contributed by atoms with Crippen LogP contribution < -0.4 is 19.5 Å². The van der Waals surface area contributed by atoms with Crippen molar-refractivity contribution >= 4 is 23.2 Å². The fraction of sp³-hybridized carbons (Fsp3) is 0.269. The lowest BCUT2D eigenvalue weighted by Crippen LogP contribution is -2.18. The number of hydrogen-bond acceptors (Lipinski definition) is 5. The van der Waals surface area contributed by atoms with Gasteiger partial charge in [0, 0.05) is 12.2 Å². The van der Waals surface area contributed by atoms with Crippen LogP contribution >= 0.6 is 11.6 Å². The van der Waals surface area contributed by atoms with Crippen LogP contribution in [-0.2, 0) is 4.74 Å². The fourth-order valence-corrected chi connectivity index (χ4v) is 3.69. The molecule has 3 aromatic rings. The van der Waals surface area contributed by atoms with Crippen LogP contribution in [0.4, 0.5) is 5.69 Å². The van der Waals surface area contributed by atoms with Gasteiger partial charge in [0.05, 0.1) is 16.8 Å². The first-order chi connectivity index (χ1) is 16.2. The highest BCUT2D eigenvalue weighted by Gasteiger charge is 2.19. The van der Waals surface area contributed by atoms with Crippen molar-refractivity contribution in [3.8, 4) is 17.2 Å². The number of hydrogen-bond donors (Lipinski definition) is 1. The topological polar surface area (TPSA) is 66.0 Å². The Morgan fingerprint density at radius 2 is 1.70 bits per heavy atom. The molecule has 1 saturated heterocycles. The van der Waals surface area contributed by atoms with E-state index in [0.717, 1.165) is 25.2 Å². The Hall–Kier alpha value is -3.22. The van der Waals surface area contributed by atoms with Gasteiger partial charge in [-0.15, -0.1) is 0 Å². The minimum atomic E-state index is -0.287. The number of benzene rings is 3. The third-order valence-electron chi connectivity index (χ3n) is 5.11. The van der Waals surface area contributed by atoms with Crippen LogP contribution in [-0.4, -0.2) is 38.4 Å². The Bertz CT molecular complexity index is 1050. The Morgan fingerprint density at radius 3 is 2.48 bits per heavy atom. The van der Waals surface area contributed by atoms with Gasteiger partial charge in [-0.3, -0.25) is 4.79 Å². The molecule has 1 amide bonds. The third-order valence-corrected chi connectivity index (χ3v) is 5.41. The molecule has 1 aliphatic heterocycles. The van der Waals surface area contributed by atoms with Gasteiger partial charge in [-0.1, -0.05) is 41.9 Å². The Labute approximate surface area is 198 Å². The minimum Gasteiger partial charge on any atom is -0.490 e. The summed E-state index contributed by atoms with van der Waals surface area (Å²) in [5.74, 6) is 1.52. The van der Waals surface area contributed by atoms with E-state index < -0.39 is 0 Å². The van der Waals surface area contributed by atoms with Crippen molar-refractivity contribution in [3.05, 3.63) is 83.4 Å². The number of ether oxygens (including phenoxy) is 4. The normalized spacial score (nSPS) is 15.1. The number of halogens is 1. The summed E-state index contributed by atoms with van der Waals surface area (Å²) in [5, 5.41) is 3.32. The monoisotopic (exact) mass is 467 g/mol. The molecule has 172 valence electrons. The third kappa shape index (κ3) is 6.63. The summed E-state index contributed by atoms with van der Waals surface area (Å²) >= 11 is 6.34. The molecule has 1 fully saturated rings. The lowest BCUT2D eigenvalue weighted by atomic mass is 10.2. The van der Waals surface area contributed by atoms with Crippen LogP contribution in [0.1, 0.15) is 23.2 Å². The number of rotatable bonds is 10. The van der Waals surface area contributed by atoms with E-state index in [-0.39, 0.29) is 12.0 Å². The summed E-state index contributed by atoms with van der Waals surface area (Å²) in [6.45, 7) is 1.89. The summed E-state index contributed by atoms with van der Waals surface area (Å²) in [5.41, 5.74) is 0.967. The van der Waals surface area contributed by atoms with Crippen LogP contribution in [0.3, 0.4) is 0 Å². The largest absolute Gasteiger partial charge is 0.490 e. The van der Waals surface area contributed by atoms with Crippen molar-refractivity contribution in [1.29, 1.82) is 0 Å². The van der Waals surface area contributed by atoms with E-state index in [9.17, 15) is 4.79 Å². The maximum Gasteiger partial charge on any atom is 0.255 e. The van der Waals surface area contributed by atoms with E-state index in [4.69, 9.17) is 30.5 Å². The van der Waals surface area contributed by atoms with Crippen molar-refractivity contribution < 1.29 is 23.7 Å². The highest BCUT2D eigenvalue weighted by atomic mass is 35.5. The molecule has 33 heavy (non-hydrogen) atoms.